The molecule has 0 aromatic rings. The summed E-state index contributed by atoms with van der Waals surface area (Å²) in [6.45, 7) is 18.5. The molecular weight excluding hydrogens is 467 g/mol. The SMILES string of the molecule is CC(=O)OCC1O[C@@H](OCCCCCCOP(OCCC#N)N(C(C)C)C(C)C)C(C)[C@@H](C)[C@H]1C. The maximum atomic E-state index is 11.2. The zero-order valence-corrected chi connectivity index (χ0v) is 24.1. The summed E-state index contributed by atoms with van der Waals surface area (Å²) < 4.78 is 31.7. The minimum Gasteiger partial charge on any atom is -0.463 e. The van der Waals surface area contributed by atoms with Crippen molar-refractivity contribution in [2.45, 2.75) is 112 Å². The first-order valence-electron chi connectivity index (χ1n) is 13.2. The normalized spacial score (nSPS) is 25.7. The van der Waals surface area contributed by atoms with Crippen LogP contribution in [-0.4, -0.2) is 61.5 Å². The van der Waals surface area contributed by atoms with E-state index in [0.29, 0.717) is 50.2 Å². The lowest BCUT2D eigenvalue weighted by molar-refractivity contribution is -0.255. The van der Waals surface area contributed by atoms with Crippen molar-refractivity contribution >= 4 is 14.5 Å². The average molecular weight is 517 g/mol. The lowest BCUT2D eigenvalue weighted by Crippen LogP contribution is -2.47. The number of nitrogens with zero attached hydrogens (tertiary/aromatic N) is 2. The Bertz CT molecular complexity index is 621. The Balaban J connectivity index is 2.34. The molecule has 1 rings (SSSR count). The number of esters is 1. The Morgan fingerprint density at radius 2 is 1.54 bits per heavy atom. The molecule has 35 heavy (non-hydrogen) atoms. The molecular formula is C26H49N2O6P. The molecule has 1 saturated heterocycles. The van der Waals surface area contributed by atoms with Gasteiger partial charge in [-0.3, -0.25) is 4.79 Å². The summed E-state index contributed by atoms with van der Waals surface area (Å²) in [4.78, 5) is 11.2. The Labute approximate surface area is 214 Å². The van der Waals surface area contributed by atoms with E-state index in [1.165, 1.54) is 6.92 Å². The largest absolute Gasteiger partial charge is 0.463 e. The van der Waals surface area contributed by atoms with Gasteiger partial charge in [0.05, 0.1) is 31.8 Å². The molecule has 8 nitrogen and oxygen atoms in total. The first-order valence-corrected chi connectivity index (χ1v) is 14.3. The minimum atomic E-state index is -1.17. The van der Waals surface area contributed by atoms with E-state index in [9.17, 15) is 4.79 Å². The van der Waals surface area contributed by atoms with Crippen LogP contribution in [0, 0.1) is 29.1 Å². The van der Waals surface area contributed by atoms with Gasteiger partial charge in [0.25, 0.3) is 8.53 Å². The van der Waals surface area contributed by atoms with Crippen LogP contribution in [0.3, 0.4) is 0 Å². The van der Waals surface area contributed by atoms with Crippen molar-refractivity contribution in [2.75, 3.05) is 26.4 Å². The van der Waals surface area contributed by atoms with Gasteiger partial charge in [-0.1, -0.05) is 33.6 Å². The van der Waals surface area contributed by atoms with E-state index in [1.807, 2.05) is 0 Å². The number of unbranched alkanes of at least 4 members (excludes halogenated alkanes) is 3. The van der Waals surface area contributed by atoms with Crippen LogP contribution in [0.5, 0.6) is 0 Å². The lowest BCUT2D eigenvalue weighted by atomic mass is 9.79. The van der Waals surface area contributed by atoms with Crippen LogP contribution in [0.4, 0.5) is 0 Å². The third-order valence-electron chi connectivity index (χ3n) is 6.62. The molecule has 0 aliphatic carbocycles. The van der Waals surface area contributed by atoms with Crippen LogP contribution in [-0.2, 0) is 28.1 Å². The monoisotopic (exact) mass is 516 g/mol. The molecule has 0 aromatic heterocycles. The van der Waals surface area contributed by atoms with Crippen molar-refractivity contribution in [2.24, 2.45) is 17.8 Å². The van der Waals surface area contributed by atoms with E-state index in [0.717, 1.165) is 25.7 Å². The molecule has 0 spiro atoms. The van der Waals surface area contributed by atoms with Gasteiger partial charge >= 0.3 is 5.97 Å². The van der Waals surface area contributed by atoms with Crippen LogP contribution in [0.1, 0.15) is 87.5 Å². The number of rotatable bonds is 17. The second kappa shape index (κ2) is 17.6. The zero-order chi connectivity index (χ0) is 26.4. The second-order valence-corrected chi connectivity index (χ2v) is 11.5. The Hall–Kier alpha value is -0.810. The highest BCUT2D eigenvalue weighted by Gasteiger charge is 2.40. The molecule has 204 valence electrons. The summed E-state index contributed by atoms with van der Waals surface area (Å²) in [5, 5.41) is 8.82. The van der Waals surface area contributed by atoms with Crippen LogP contribution >= 0.6 is 8.53 Å². The van der Waals surface area contributed by atoms with Crippen molar-refractivity contribution in [1.82, 2.24) is 4.67 Å². The summed E-state index contributed by atoms with van der Waals surface area (Å²) in [7, 11) is -1.17. The van der Waals surface area contributed by atoms with Gasteiger partial charge < -0.3 is 23.3 Å². The molecule has 0 amide bonds. The highest BCUT2D eigenvalue weighted by atomic mass is 31.2. The number of carbonyl (C=O) groups is 1. The maximum absolute atomic E-state index is 11.2. The summed E-state index contributed by atoms with van der Waals surface area (Å²) >= 11 is 0. The minimum absolute atomic E-state index is 0.131. The molecule has 0 saturated carbocycles. The maximum Gasteiger partial charge on any atom is 0.302 e. The van der Waals surface area contributed by atoms with Gasteiger partial charge in [-0.25, -0.2) is 4.67 Å². The smallest absolute Gasteiger partial charge is 0.302 e. The molecule has 0 N–H and O–H groups in total. The van der Waals surface area contributed by atoms with Gasteiger partial charge in [0, 0.05) is 31.5 Å². The molecule has 9 heteroatoms. The van der Waals surface area contributed by atoms with Gasteiger partial charge in [0.2, 0.25) is 0 Å². The standard InChI is InChI=1S/C26H49N2O6P/c1-19(2)28(20(3)4)35(33-17-13-14-27)32-16-12-10-9-11-15-30-26-23(7)21(5)22(6)25(34-26)18-31-24(8)29/h19-23,25-26H,9-13,15-18H2,1-8H3/t21-,22+,23?,25?,26+,35?/m0/s1. The van der Waals surface area contributed by atoms with Gasteiger partial charge in [0.15, 0.2) is 6.29 Å². The first kappa shape index (κ1) is 32.2. The summed E-state index contributed by atoms with van der Waals surface area (Å²) in [6, 6.07) is 2.75. The van der Waals surface area contributed by atoms with E-state index in [2.05, 4.69) is 59.2 Å². The predicted molar refractivity (Wildman–Crippen MR) is 138 cm³/mol. The Morgan fingerprint density at radius 3 is 2.11 bits per heavy atom. The number of hydrogen-bond acceptors (Lipinski definition) is 8. The van der Waals surface area contributed by atoms with E-state index in [1.54, 1.807) is 0 Å². The van der Waals surface area contributed by atoms with Crippen LogP contribution in [0.15, 0.2) is 0 Å². The number of ether oxygens (including phenoxy) is 3. The Kier molecular flexibility index (Phi) is 16.2. The van der Waals surface area contributed by atoms with Gasteiger partial charge in [-0.15, -0.1) is 0 Å². The number of hydrogen-bond donors (Lipinski definition) is 0. The fourth-order valence-electron chi connectivity index (χ4n) is 4.28. The summed E-state index contributed by atoms with van der Waals surface area (Å²) in [5.41, 5.74) is 0. The summed E-state index contributed by atoms with van der Waals surface area (Å²) in [5.74, 6) is 0.738. The molecule has 0 aromatic carbocycles. The van der Waals surface area contributed by atoms with Gasteiger partial charge in [0.1, 0.15) is 6.61 Å². The van der Waals surface area contributed by atoms with Crippen LogP contribution < -0.4 is 0 Å². The molecule has 1 heterocycles. The molecule has 3 unspecified atom stereocenters. The van der Waals surface area contributed by atoms with E-state index in [-0.39, 0.29) is 30.9 Å². The topological polar surface area (TPSA) is 90.3 Å². The Morgan fingerprint density at radius 1 is 0.943 bits per heavy atom. The molecule has 0 radical (unpaired) electrons. The molecule has 1 aliphatic heterocycles. The van der Waals surface area contributed by atoms with E-state index >= 15 is 0 Å². The highest BCUT2D eigenvalue weighted by Crippen LogP contribution is 2.46. The zero-order valence-electron chi connectivity index (χ0n) is 23.2. The highest BCUT2D eigenvalue weighted by molar-refractivity contribution is 7.44. The van der Waals surface area contributed by atoms with Gasteiger partial charge in [-0.05, 0) is 52.4 Å². The van der Waals surface area contributed by atoms with Crippen molar-refractivity contribution < 1.29 is 28.1 Å². The van der Waals surface area contributed by atoms with Crippen LogP contribution in [0.25, 0.3) is 0 Å². The van der Waals surface area contributed by atoms with Crippen molar-refractivity contribution in [3.63, 3.8) is 0 Å². The van der Waals surface area contributed by atoms with Crippen molar-refractivity contribution in [3.05, 3.63) is 0 Å². The quantitative estimate of drug-likeness (QED) is 0.131. The fraction of sp³-hybridized carbons (Fsp3) is 0.923. The third kappa shape index (κ3) is 11.9. The molecule has 1 aliphatic rings. The summed E-state index contributed by atoms with van der Waals surface area (Å²) in [6.07, 6.45) is 4.00. The van der Waals surface area contributed by atoms with Crippen molar-refractivity contribution in [1.29, 1.82) is 5.26 Å². The van der Waals surface area contributed by atoms with Gasteiger partial charge in [-0.2, -0.15) is 5.26 Å². The molecule has 0 bridgehead atoms. The number of nitriles is 1. The fourth-order valence-corrected chi connectivity index (χ4v) is 5.91. The first-order chi connectivity index (χ1) is 16.6. The second-order valence-electron chi connectivity index (χ2n) is 10.1. The molecule has 6 atom stereocenters. The number of carbonyl (C=O) groups excluding carboxylic acids is 1. The molecule has 1 fully saturated rings. The average Bonchev–Trinajstić information content (AvgIpc) is 2.79. The third-order valence-corrected chi connectivity index (χ3v) is 8.73. The van der Waals surface area contributed by atoms with E-state index in [4.69, 9.17) is 28.5 Å². The van der Waals surface area contributed by atoms with E-state index < -0.39 is 8.53 Å². The van der Waals surface area contributed by atoms with Crippen LogP contribution in [0.2, 0.25) is 0 Å². The predicted octanol–water partition coefficient (Wildman–Crippen LogP) is 6.05. The van der Waals surface area contributed by atoms with Crippen molar-refractivity contribution in [3.8, 4) is 6.07 Å². The lowest BCUT2D eigenvalue weighted by Gasteiger charge is -2.43.